The minimum Gasteiger partial charge on any atom is -0.491 e. The molecule has 0 saturated carbocycles. The molecule has 35 heavy (non-hydrogen) atoms. The molecule has 0 heterocycles. The highest BCUT2D eigenvalue weighted by Gasteiger charge is 2.28. The summed E-state index contributed by atoms with van der Waals surface area (Å²) in [4.78, 5) is 13.0. The molecule has 0 saturated heterocycles. The molecule has 0 aliphatic heterocycles. The first-order valence-electron chi connectivity index (χ1n) is 11.8. The van der Waals surface area contributed by atoms with Crippen molar-refractivity contribution in [1.29, 1.82) is 0 Å². The SMILES string of the molecule is Cc1cccc(N(CC(=O)NCCCc2cccc(OC(C)C)c2)S(=O)(=O)c2ccccc2)c1C. The molecule has 0 spiro atoms. The number of aryl methyl sites for hydroxylation is 2. The maximum absolute atomic E-state index is 13.5. The summed E-state index contributed by atoms with van der Waals surface area (Å²) in [6.45, 7) is 7.92. The van der Waals surface area contributed by atoms with Gasteiger partial charge in [0, 0.05) is 6.54 Å². The molecule has 3 aromatic rings. The fraction of sp³-hybridized carbons (Fsp3) is 0.321. The smallest absolute Gasteiger partial charge is 0.264 e. The van der Waals surface area contributed by atoms with E-state index < -0.39 is 10.0 Å². The fourth-order valence-corrected chi connectivity index (χ4v) is 5.28. The standard InChI is InChI=1S/C28H34N2O4S/c1-21(2)34-25-14-9-12-24(19-25)13-10-18-29-28(31)20-30(27-17-8-11-22(3)23(27)4)35(32,33)26-15-6-5-7-16-26/h5-9,11-12,14-17,19,21H,10,13,18,20H2,1-4H3,(H,29,31). The van der Waals surface area contributed by atoms with E-state index in [0.29, 0.717) is 12.2 Å². The molecule has 0 atom stereocenters. The predicted molar refractivity (Wildman–Crippen MR) is 140 cm³/mol. The summed E-state index contributed by atoms with van der Waals surface area (Å²) in [6.07, 6.45) is 1.61. The molecule has 3 rings (SSSR count). The van der Waals surface area contributed by atoms with Crippen molar-refractivity contribution < 1.29 is 17.9 Å². The van der Waals surface area contributed by atoms with Gasteiger partial charge in [-0.3, -0.25) is 9.10 Å². The zero-order chi connectivity index (χ0) is 25.4. The first-order valence-corrected chi connectivity index (χ1v) is 13.3. The Balaban J connectivity index is 1.68. The lowest BCUT2D eigenvalue weighted by atomic mass is 10.1. The summed E-state index contributed by atoms with van der Waals surface area (Å²) in [6, 6.07) is 21.6. The molecule has 0 aliphatic carbocycles. The average molecular weight is 495 g/mol. The summed E-state index contributed by atoms with van der Waals surface area (Å²) in [5.74, 6) is 0.485. The number of nitrogens with zero attached hydrogens (tertiary/aromatic N) is 1. The first-order chi connectivity index (χ1) is 16.7. The van der Waals surface area contributed by atoms with Gasteiger partial charge in [0.15, 0.2) is 0 Å². The van der Waals surface area contributed by atoms with Crippen LogP contribution in [0.15, 0.2) is 77.7 Å². The lowest BCUT2D eigenvalue weighted by Crippen LogP contribution is -2.41. The van der Waals surface area contributed by atoms with Crippen LogP contribution in [0.5, 0.6) is 5.75 Å². The van der Waals surface area contributed by atoms with E-state index in [1.807, 2.05) is 58.0 Å². The van der Waals surface area contributed by atoms with E-state index in [2.05, 4.69) is 5.32 Å². The number of benzene rings is 3. The fourth-order valence-electron chi connectivity index (χ4n) is 3.78. The van der Waals surface area contributed by atoms with Gasteiger partial charge in [0.05, 0.1) is 16.7 Å². The van der Waals surface area contributed by atoms with Crippen molar-refractivity contribution in [3.63, 3.8) is 0 Å². The van der Waals surface area contributed by atoms with Crippen LogP contribution in [-0.4, -0.2) is 33.5 Å². The van der Waals surface area contributed by atoms with Gasteiger partial charge in [-0.25, -0.2) is 8.42 Å². The Labute approximate surface area is 209 Å². The van der Waals surface area contributed by atoms with Gasteiger partial charge in [0.2, 0.25) is 5.91 Å². The topological polar surface area (TPSA) is 75.7 Å². The minimum absolute atomic E-state index is 0.108. The molecule has 0 unspecified atom stereocenters. The van der Waals surface area contributed by atoms with Crippen LogP contribution in [0, 0.1) is 13.8 Å². The lowest BCUT2D eigenvalue weighted by molar-refractivity contribution is -0.119. The highest BCUT2D eigenvalue weighted by atomic mass is 32.2. The molecule has 3 aromatic carbocycles. The van der Waals surface area contributed by atoms with Crippen LogP contribution >= 0.6 is 0 Å². The first kappa shape index (κ1) is 26.3. The highest BCUT2D eigenvalue weighted by Crippen LogP contribution is 2.28. The van der Waals surface area contributed by atoms with Crippen molar-refractivity contribution in [3.05, 3.63) is 89.5 Å². The number of carbonyl (C=O) groups excluding carboxylic acids is 1. The normalized spacial score (nSPS) is 11.3. The van der Waals surface area contributed by atoms with E-state index in [1.54, 1.807) is 42.5 Å². The number of rotatable bonds is 11. The monoisotopic (exact) mass is 494 g/mol. The quantitative estimate of drug-likeness (QED) is 0.379. The molecular weight excluding hydrogens is 460 g/mol. The van der Waals surface area contributed by atoms with E-state index in [1.165, 1.54) is 4.31 Å². The van der Waals surface area contributed by atoms with Gasteiger partial charge in [0.25, 0.3) is 10.0 Å². The average Bonchev–Trinajstić information content (AvgIpc) is 2.83. The number of anilines is 1. The van der Waals surface area contributed by atoms with Gasteiger partial charge in [-0.05, 0) is 87.6 Å². The molecule has 1 N–H and O–H groups in total. The summed E-state index contributed by atoms with van der Waals surface area (Å²) >= 11 is 0. The number of carbonyl (C=O) groups is 1. The summed E-state index contributed by atoms with van der Waals surface area (Å²) < 4.78 is 33.9. The van der Waals surface area contributed by atoms with Gasteiger partial charge in [-0.2, -0.15) is 0 Å². The number of sulfonamides is 1. The number of amides is 1. The zero-order valence-electron chi connectivity index (χ0n) is 20.8. The van der Waals surface area contributed by atoms with Crippen LogP contribution in [-0.2, 0) is 21.2 Å². The third kappa shape index (κ3) is 7.09. The molecule has 0 radical (unpaired) electrons. The second-order valence-electron chi connectivity index (χ2n) is 8.81. The predicted octanol–water partition coefficient (Wildman–Crippen LogP) is 5.03. The Morgan fingerprint density at radius 1 is 0.971 bits per heavy atom. The van der Waals surface area contributed by atoms with Crippen molar-refractivity contribution in [2.75, 3.05) is 17.4 Å². The Kier molecular flexibility index (Phi) is 8.93. The maximum Gasteiger partial charge on any atom is 0.264 e. The summed E-state index contributed by atoms with van der Waals surface area (Å²) in [7, 11) is -3.92. The summed E-state index contributed by atoms with van der Waals surface area (Å²) in [5.41, 5.74) is 3.41. The van der Waals surface area contributed by atoms with Crippen LogP contribution in [0.1, 0.15) is 37.0 Å². The molecule has 6 nitrogen and oxygen atoms in total. The maximum atomic E-state index is 13.5. The highest BCUT2D eigenvalue weighted by molar-refractivity contribution is 7.92. The van der Waals surface area contributed by atoms with E-state index >= 15 is 0 Å². The van der Waals surface area contributed by atoms with Crippen LogP contribution in [0.3, 0.4) is 0 Å². The number of ether oxygens (including phenoxy) is 1. The number of hydrogen-bond acceptors (Lipinski definition) is 4. The Morgan fingerprint density at radius 3 is 2.40 bits per heavy atom. The summed E-state index contributed by atoms with van der Waals surface area (Å²) in [5, 5.41) is 2.88. The molecule has 1 amide bonds. The lowest BCUT2D eigenvalue weighted by Gasteiger charge is -2.26. The third-order valence-electron chi connectivity index (χ3n) is 5.70. The van der Waals surface area contributed by atoms with Crippen molar-refractivity contribution in [2.24, 2.45) is 0 Å². The Bertz CT molecular complexity index is 1240. The van der Waals surface area contributed by atoms with Crippen LogP contribution in [0.4, 0.5) is 5.69 Å². The second kappa shape index (κ2) is 11.9. The second-order valence-corrected chi connectivity index (χ2v) is 10.7. The van der Waals surface area contributed by atoms with Crippen LogP contribution in [0.2, 0.25) is 0 Å². The van der Waals surface area contributed by atoms with Gasteiger partial charge < -0.3 is 10.1 Å². The largest absolute Gasteiger partial charge is 0.491 e. The van der Waals surface area contributed by atoms with Gasteiger partial charge in [-0.15, -0.1) is 0 Å². The minimum atomic E-state index is -3.92. The molecule has 186 valence electrons. The zero-order valence-corrected chi connectivity index (χ0v) is 21.6. The van der Waals surface area contributed by atoms with Crippen molar-refractivity contribution >= 4 is 21.6 Å². The van der Waals surface area contributed by atoms with Gasteiger partial charge >= 0.3 is 0 Å². The molecule has 0 bridgehead atoms. The van der Waals surface area contributed by atoms with Crippen molar-refractivity contribution in [1.82, 2.24) is 5.32 Å². The Hall–Kier alpha value is -3.32. The van der Waals surface area contributed by atoms with Gasteiger partial charge in [0.1, 0.15) is 12.3 Å². The molecule has 0 aliphatic rings. The molecule has 0 fully saturated rings. The van der Waals surface area contributed by atoms with E-state index in [4.69, 9.17) is 4.74 Å². The van der Waals surface area contributed by atoms with Gasteiger partial charge in [-0.1, -0.05) is 42.5 Å². The molecular formula is C28H34N2O4S. The van der Waals surface area contributed by atoms with Crippen LogP contribution in [0.25, 0.3) is 0 Å². The Morgan fingerprint density at radius 2 is 1.69 bits per heavy atom. The van der Waals surface area contributed by atoms with E-state index in [-0.39, 0.29) is 23.5 Å². The third-order valence-corrected chi connectivity index (χ3v) is 7.47. The van der Waals surface area contributed by atoms with E-state index in [9.17, 15) is 13.2 Å². The van der Waals surface area contributed by atoms with Crippen LogP contribution < -0.4 is 14.4 Å². The van der Waals surface area contributed by atoms with Crippen molar-refractivity contribution in [2.45, 2.75) is 51.5 Å². The number of hydrogen-bond donors (Lipinski definition) is 1. The van der Waals surface area contributed by atoms with E-state index in [0.717, 1.165) is 35.3 Å². The molecule has 0 aromatic heterocycles. The van der Waals surface area contributed by atoms with Crippen molar-refractivity contribution in [3.8, 4) is 5.75 Å². The molecule has 7 heteroatoms. The number of nitrogens with one attached hydrogen (secondary N) is 1.